The van der Waals surface area contributed by atoms with Gasteiger partial charge in [-0.05, 0) is 36.1 Å². The summed E-state index contributed by atoms with van der Waals surface area (Å²) in [4.78, 5) is 40.9. The number of hydrogen-bond acceptors (Lipinski definition) is 6. The molecule has 0 atom stereocenters. The smallest absolute Gasteiger partial charge is 0.272 e. The average molecular weight is 431 g/mol. The fourth-order valence-electron chi connectivity index (χ4n) is 2.75. The van der Waals surface area contributed by atoms with E-state index >= 15 is 0 Å². The lowest BCUT2D eigenvalue weighted by Gasteiger charge is -2.12. The Hall–Kier alpha value is -2.65. The van der Waals surface area contributed by atoms with Crippen LogP contribution < -0.4 is 16.2 Å². The molecule has 2 heterocycles. The number of carbonyl (C=O) groups excluding carboxylic acids is 2. The van der Waals surface area contributed by atoms with Crippen molar-refractivity contribution < 1.29 is 9.59 Å². The van der Waals surface area contributed by atoms with Gasteiger partial charge >= 0.3 is 0 Å². The molecule has 2 amide bonds. The van der Waals surface area contributed by atoms with E-state index in [-0.39, 0.29) is 23.1 Å². The number of amides is 2. The topological polar surface area (TPSA) is 93.1 Å². The molecule has 152 valence electrons. The average Bonchev–Trinajstić information content (AvgIpc) is 3.14. The molecule has 0 saturated heterocycles. The number of rotatable bonds is 8. The summed E-state index contributed by atoms with van der Waals surface area (Å²) in [7, 11) is 0. The number of nitrogens with one attached hydrogen (secondary N) is 2. The van der Waals surface area contributed by atoms with Gasteiger partial charge in [0.05, 0.1) is 11.3 Å². The number of thioether (sulfide) groups is 1. The molecule has 0 fully saturated rings. The molecular formula is C20H22N4O3S2. The second-order valence-corrected chi connectivity index (χ2v) is 8.30. The van der Waals surface area contributed by atoms with Crippen molar-refractivity contribution >= 4 is 56.5 Å². The molecule has 29 heavy (non-hydrogen) atoms. The second kappa shape index (κ2) is 9.71. The van der Waals surface area contributed by atoms with Crippen molar-refractivity contribution in [3.63, 3.8) is 0 Å². The highest BCUT2D eigenvalue weighted by Gasteiger charge is 2.14. The standard InChI is InChI=1S/C20H22N4O3S2/c1-3-4-9-24-19(27)18-16(8-10-28-18)23-20(24)29-12-17(26)22-15-7-5-6-14(11-15)21-13(2)25/h5-8,10-11H,3-4,9,12H2,1-2H3,(H,21,25)(H,22,26). The Balaban J connectivity index is 1.72. The zero-order chi connectivity index (χ0) is 20.8. The Morgan fingerprint density at radius 1 is 1.21 bits per heavy atom. The van der Waals surface area contributed by atoms with Gasteiger partial charge in [0.25, 0.3) is 5.56 Å². The first-order chi connectivity index (χ1) is 14.0. The lowest BCUT2D eigenvalue weighted by atomic mass is 10.2. The van der Waals surface area contributed by atoms with Crippen molar-refractivity contribution in [1.29, 1.82) is 0 Å². The molecule has 1 aromatic carbocycles. The van der Waals surface area contributed by atoms with E-state index in [9.17, 15) is 14.4 Å². The van der Waals surface area contributed by atoms with Crippen LogP contribution in [-0.2, 0) is 16.1 Å². The normalized spacial score (nSPS) is 10.8. The summed E-state index contributed by atoms with van der Waals surface area (Å²) < 4.78 is 2.31. The number of unbranched alkanes of at least 4 members (excludes halogenated alkanes) is 1. The molecule has 0 saturated carbocycles. The highest BCUT2D eigenvalue weighted by molar-refractivity contribution is 7.99. The van der Waals surface area contributed by atoms with E-state index in [1.54, 1.807) is 28.8 Å². The van der Waals surface area contributed by atoms with Gasteiger partial charge < -0.3 is 10.6 Å². The van der Waals surface area contributed by atoms with Gasteiger partial charge in [-0.15, -0.1) is 11.3 Å². The Morgan fingerprint density at radius 3 is 2.69 bits per heavy atom. The first kappa shape index (κ1) is 21.1. The van der Waals surface area contributed by atoms with Gasteiger partial charge in [-0.1, -0.05) is 31.2 Å². The third-order valence-electron chi connectivity index (χ3n) is 4.07. The van der Waals surface area contributed by atoms with Crippen LogP contribution in [0.15, 0.2) is 45.7 Å². The number of thiophene rings is 1. The van der Waals surface area contributed by atoms with E-state index in [2.05, 4.69) is 22.5 Å². The van der Waals surface area contributed by atoms with Crippen LogP contribution in [0.2, 0.25) is 0 Å². The number of fused-ring (bicyclic) bond motifs is 1. The minimum Gasteiger partial charge on any atom is -0.326 e. The molecule has 2 aromatic heterocycles. The lowest BCUT2D eigenvalue weighted by Crippen LogP contribution is -2.23. The first-order valence-electron chi connectivity index (χ1n) is 9.26. The Kier molecular flexibility index (Phi) is 7.05. The summed E-state index contributed by atoms with van der Waals surface area (Å²) >= 11 is 2.63. The minimum absolute atomic E-state index is 0.0515. The molecule has 0 aliphatic carbocycles. The van der Waals surface area contributed by atoms with E-state index in [1.165, 1.54) is 30.0 Å². The molecule has 3 rings (SSSR count). The Labute approximate surface area is 176 Å². The summed E-state index contributed by atoms with van der Waals surface area (Å²) in [6.45, 7) is 4.08. The van der Waals surface area contributed by atoms with Crippen LogP contribution >= 0.6 is 23.1 Å². The summed E-state index contributed by atoms with van der Waals surface area (Å²) in [6, 6.07) is 8.77. The van der Waals surface area contributed by atoms with Crippen molar-refractivity contribution in [1.82, 2.24) is 9.55 Å². The molecule has 0 bridgehead atoms. The van der Waals surface area contributed by atoms with Crippen molar-refractivity contribution in [2.45, 2.75) is 38.4 Å². The number of aromatic nitrogens is 2. The monoisotopic (exact) mass is 430 g/mol. The van der Waals surface area contributed by atoms with E-state index in [0.29, 0.717) is 33.3 Å². The maximum absolute atomic E-state index is 12.8. The van der Waals surface area contributed by atoms with Crippen molar-refractivity contribution in [2.24, 2.45) is 0 Å². The fraction of sp³-hybridized carbons (Fsp3) is 0.300. The predicted octanol–water partition coefficient (Wildman–Crippen LogP) is 3.95. The van der Waals surface area contributed by atoms with Crippen LogP contribution in [0.25, 0.3) is 10.2 Å². The predicted molar refractivity (Wildman–Crippen MR) is 119 cm³/mol. The summed E-state index contributed by atoms with van der Waals surface area (Å²) in [5, 5.41) is 7.90. The van der Waals surface area contributed by atoms with Gasteiger partial charge in [0.1, 0.15) is 4.70 Å². The van der Waals surface area contributed by atoms with Crippen LogP contribution in [0, 0.1) is 0 Å². The van der Waals surface area contributed by atoms with Gasteiger partial charge in [-0.2, -0.15) is 0 Å². The quantitative estimate of drug-likeness (QED) is 0.417. The van der Waals surface area contributed by atoms with Crippen LogP contribution in [0.5, 0.6) is 0 Å². The highest BCUT2D eigenvalue weighted by Crippen LogP contribution is 2.22. The lowest BCUT2D eigenvalue weighted by molar-refractivity contribution is -0.114. The number of hydrogen-bond donors (Lipinski definition) is 2. The third-order valence-corrected chi connectivity index (χ3v) is 5.93. The van der Waals surface area contributed by atoms with Crippen molar-refractivity contribution in [3.8, 4) is 0 Å². The van der Waals surface area contributed by atoms with Crippen LogP contribution in [0.4, 0.5) is 11.4 Å². The molecule has 0 unspecified atom stereocenters. The molecule has 9 heteroatoms. The zero-order valence-corrected chi connectivity index (χ0v) is 17.9. The Morgan fingerprint density at radius 2 is 1.97 bits per heavy atom. The molecular weight excluding hydrogens is 408 g/mol. The number of anilines is 2. The van der Waals surface area contributed by atoms with Crippen LogP contribution in [0.3, 0.4) is 0 Å². The van der Waals surface area contributed by atoms with Crippen molar-refractivity contribution in [3.05, 3.63) is 46.1 Å². The maximum Gasteiger partial charge on any atom is 0.272 e. The van der Waals surface area contributed by atoms with E-state index < -0.39 is 0 Å². The van der Waals surface area contributed by atoms with Gasteiger partial charge in [0.15, 0.2) is 5.16 Å². The minimum atomic E-state index is -0.211. The van der Waals surface area contributed by atoms with Gasteiger partial charge in [0.2, 0.25) is 11.8 Å². The molecule has 7 nitrogen and oxygen atoms in total. The zero-order valence-electron chi connectivity index (χ0n) is 16.2. The van der Waals surface area contributed by atoms with Gasteiger partial charge in [-0.3, -0.25) is 19.0 Å². The first-order valence-corrected chi connectivity index (χ1v) is 11.1. The van der Waals surface area contributed by atoms with E-state index in [4.69, 9.17) is 0 Å². The number of benzene rings is 1. The summed E-state index contributed by atoms with van der Waals surface area (Å²) in [6.07, 6.45) is 1.83. The molecule has 0 radical (unpaired) electrons. The second-order valence-electron chi connectivity index (χ2n) is 6.44. The molecule has 0 aliphatic rings. The molecule has 0 spiro atoms. The number of carbonyl (C=O) groups is 2. The summed E-state index contributed by atoms with van der Waals surface area (Å²) in [5.41, 5.74) is 1.82. The van der Waals surface area contributed by atoms with Gasteiger partial charge in [-0.25, -0.2) is 4.98 Å². The SMILES string of the molecule is CCCCn1c(SCC(=O)Nc2cccc(NC(C)=O)c2)nc2ccsc2c1=O. The van der Waals surface area contributed by atoms with E-state index in [0.717, 1.165) is 12.8 Å². The van der Waals surface area contributed by atoms with Gasteiger partial charge in [0, 0.05) is 24.8 Å². The molecule has 0 aliphatic heterocycles. The third kappa shape index (κ3) is 5.45. The highest BCUT2D eigenvalue weighted by atomic mass is 32.2. The van der Waals surface area contributed by atoms with E-state index in [1.807, 2.05) is 11.4 Å². The molecule has 2 N–H and O–H groups in total. The Bertz CT molecular complexity index is 1090. The fourth-order valence-corrected chi connectivity index (χ4v) is 4.36. The number of nitrogens with zero attached hydrogens (tertiary/aromatic N) is 2. The maximum atomic E-state index is 12.8. The molecule has 3 aromatic rings. The van der Waals surface area contributed by atoms with Crippen LogP contribution in [-0.4, -0.2) is 27.1 Å². The van der Waals surface area contributed by atoms with Crippen LogP contribution in [0.1, 0.15) is 26.7 Å². The largest absolute Gasteiger partial charge is 0.326 e. The summed E-state index contributed by atoms with van der Waals surface area (Å²) in [5.74, 6) is -0.265. The van der Waals surface area contributed by atoms with Crippen molar-refractivity contribution in [2.75, 3.05) is 16.4 Å².